The lowest BCUT2D eigenvalue weighted by Crippen LogP contribution is -2.07. The second-order valence-electron chi connectivity index (χ2n) is 4.42. The lowest BCUT2D eigenvalue weighted by atomic mass is 10.2. The highest BCUT2D eigenvalue weighted by atomic mass is 16.5. The van der Waals surface area contributed by atoms with Crippen molar-refractivity contribution in [1.29, 1.82) is 0 Å². The molecule has 0 fully saturated rings. The molecule has 2 rings (SSSR count). The van der Waals surface area contributed by atoms with Gasteiger partial charge in [0.2, 0.25) is 0 Å². The Hall–Kier alpha value is -2.36. The van der Waals surface area contributed by atoms with Crippen LogP contribution in [0.5, 0.6) is 0 Å². The Morgan fingerprint density at radius 3 is 2.65 bits per heavy atom. The third-order valence-electron chi connectivity index (χ3n) is 2.77. The number of nitrogens with one attached hydrogen (secondary N) is 1. The molecule has 104 valence electrons. The molecule has 0 aliphatic carbocycles. The van der Waals surface area contributed by atoms with Gasteiger partial charge in [0.15, 0.2) is 0 Å². The number of anilines is 1. The largest absolute Gasteiger partial charge is 0.457 e. The minimum Gasteiger partial charge on any atom is -0.457 e. The first-order chi connectivity index (χ1) is 9.79. The van der Waals surface area contributed by atoms with E-state index < -0.39 is 0 Å². The fourth-order valence-corrected chi connectivity index (χ4v) is 1.68. The van der Waals surface area contributed by atoms with E-state index in [1.165, 1.54) is 6.20 Å². The molecule has 1 aromatic carbocycles. The van der Waals surface area contributed by atoms with Gasteiger partial charge in [0.25, 0.3) is 0 Å². The van der Waals surface area contributed by atoms with E-state index in [-0.39, 0.29) is 12.6 Å². The molecule has 4 heteroatoms. The van der Waals surface area contributed by atoms with Crippen LogP contribution in [-0.2, 0) is 11.3 Å². The molecule has 0 amide bonds. The highest BCUT2D eigenvalue weighted by molar-refractivity contribution is 5.89. The van der Waals surface area contributed by atoms with Crippen LogP contribution in [0.4, 0.5) is 5.82 Å². The number of aromatic nitrogens is 1. The predicted molar refractivity (Wildman–Crippen MR) is 78.6 cm³/mol. The van der Waals surface area contributed by atoms with E-state index in [0.29, 0.717) is 5.56 Å². The summed E-state index contributed by atoms with van der Waals surface area (Å²) in [5, 5.41) is 3.16. The Morgan fingerprint density at radius 2 is 2.00 bits per heavy atom. The van der Waals surface area contributed by atoms with Gasteiger partial charge in [-0.1, -0.05) is 37.3 Å². The lowest BCUT2D eigenvalue weighted by Gasteiger charge is -2.06. The maximum atomic E-state index is 11.9. The quantitative estimate of drug-likeness (QED) is 0.819. The summed E-state index contributed by atoms with van der Waals surface area (Å²) in [7, 11) is 0. The standard InChI is InChI=1S/C16H18N2O2/c1-2-10-17-15-9-8-14(11-18-15)16(19)20-12-13-6-4-3-5-7-13/h3-9,11H,2,10,12H2,1H3,(H,17,18). The molecule has 2 aromatic rings. The van der Waals surface area contributed by atoms with Crippen LogP contribution in [-0.4, -0.2) is 17.5 Å². The summed E-state index contributed by atoms with van der Waals surface area (Å²) in [6, 6.07) is 13.1. The Kier molecular flexibility index (Phi) is 5.12. The number of pyridine rings is 1. The Labute approximate surface area is 118 Å². The van der Waals surface area contributed by atoms with Crippen LogP contribution in [0.25, 0.3) is 0 Å². The van der Waals surface area contributed by atoms with Crippen molar-refractivity contribution in [2.75, 3.05) is 11.9 Å². The van der Waals surface area contributed by atoms with Crippen molar-refractivity contribution in [2.45, 2.75) is 20.0 Å². The molecule has 1 aromatic heterocycles. The molecular formula is C16H18N2O2. The van der Waals surface area contributed by atoms with E-state index >= 15 is 0 Å². The minimum atomic E-state index is -0.358. The third-order valence-corrected chi connectivity index (χ3v) is 2.77. The van der Waals surface area contributed by atoms with Crippen molar-refractivity contribution in [3.63, 3.8) is 0 Å². The van der Waals surface area contributed by atoms with Gasteiger partial charge in [-0.3, -0.25) is 0 Å². The molecule has 0 spiro atoms. The predicted octanol–water partition coefficient (Wildman–Crippen LogP) is 3.26. The molecule has 0 aliphatic heterocycles. The minimum absolute atomic E-state index is 0.273. The summed E-state index contributed by atoms with van der Waals surface area (Å²) in [5.41, 5.74) is 1.43. The van der Waals surface area contributed by atoms with E-state index in [1.807, 2.05) is 30.3 Å². The topological polar surface area (TPSA) is 51.2 Å². The van der Waals surface area contributed by atoms with E-state index in [4.69, 9.17) is 4.74 Å². The summed E-state index contributed by atoms with van der Waals surface area (Å²) < 4.78 is 5.24. The van der Waals surface area contributed by atoms with Crippen molar-refractivity contribution in [3.8, 4) is 0 Å². The maximum Gasteiger partial charge on any atom is 0.340 e. The lowest BCUT2D eigenvalue weighted by molar-refractivity contribution is 0.0472. The Balaban J connectivity index is 1.89. The molecule has 0 bridgehead atoms. The van der Waals surface area contributed by atoms with Crippen molar-refractivity contribution >= 4 is 11.8 Å². The number of carbonyl (C=O) groups is 1. The molecule has 1 N–H and O–H groups in total. The average molecular weight is 270 g/mol. The number of carbonyl (C=O) groups excluding carboxylic acids is 1. The van der Waals surface area contributed by atoms with Crippen molar-refractivity contribution in [2.24, 2.45) is 0 Å². The zero-order chi connectivity index (χ0) is 14.2. The van der Waals surface area contributed by atoms with Crippen LogP contribution in [0.3, 0.4) is 0 Å². The summed E-state index contributed by atoms with van der Waals surface area (Å²) in [4.78, 5) is 16.0. The zero-order valence-electron chi connectivity index (χ0n) is 11.5. The van der Waals surface area contributed by atoms with Crippen LogP contribution in [0, 0.1) is 0 Å². The van der Waals surface area contributed by atoms with Gasteiger partial charge in [-0.25, -0.2) is 9.78 Å². The highest BCUT2D eigenvalue weighted by Crippen LogP contribution is 2.08. The van der Waals surface area contributed by atoms with Crippen molar-refractivity contribution in [1.82, 2.24) is 4.98 Å². The molecule has 1 heterocycles. The fraction of sp³-hybridized carbons (Fsp3) is 0.250. The first kappa shape index (κ1) is 14.1. The number of nitrogens with zero attached hydrogens (tertiary/aromatic N) is 1. The van der Waals surface area contributed by atoms with Gasteiger partial charge < -0.3 is 10.1 Å². The van der Waals surface area contributed by atoms with E-state index in [1.54, 1.807) is 12.1 Å². The molecule has 20 heavy (non-hydrogen) atoms. The number of benzene rings is 1. The summed E-state index contributed by atoms with van der Waals surface area (Å²) >= 11 is 0. The third kappa shape index (κ3) is 4.09. The number of hydrogen-bond donors (Lipinski definition) is 1. The smallest absolute Gasteiger partial charge is 0.340 e. The Bertz CT molecular complexity index is 538. The Morgan fingerprint density at radius 1 is 1.20 bits per heavy atom. The molecular weight excluding hydrogens is 252 g/mol. The molecule has 0 aliphatic rings. The van der Waals surface area contributed by atoms with Crippen LogP contribution in [0.2, 0.25) is 0 Å². The highest BCUT2D eigenvalue weighted by Gasteiger charge is 2.07. The normalized spacial score (nSPS) is 10.1. The number of hydrogen-bond acceptors (Lipinski definition) is 4. The molecule has 0 radical (unpaired) electrons. The number of esters is 1. The van der Waals surface area contributed by atoms with Crippen LogP contribution >= 0.6 is 0 Å². The van der Waals surface area contributed by atoms with Crippen LogP contribution < -0.4 is 5.32 Å². The van der Waals surface area contributed by atoms with Gasteiger partial charge in [0.05, 0.1) is 5.56 Å². The molecule has 4 nitrogen and oxygen atoms in total. The first-order valence-electron chi connectivity index (χ1n) is 6.70. The van der Waals surface area contributed by atoms with E-state index in [9.17, 15) is 4.79 Å². The molecule has 0 saturated carbocycles. The SMILES string of the molecule is CCCNc1ccc(C(=O)OCc2ccccc2)cn1. The van der Waals surface area contributed by atoms with Gasteiger partial charge in [-0.15, -0.1) is 0 Å². The fourth-order valence-electron chi connectivity index (χ4n) is 1.68. The molecule has 0 saturated heterocycles. The summed E-state index contributed by atoms with van der Waals surface area (Å²) in [6.45, 7) is 3.22. The summed E-state index contributed by atoms with van der Waals surface area (Å²) in [6.07, 6.45) is 2.56. The zero-order valence-corrected chi connectivity index (χ0v) is 11.5. The van der Waals surface area contributed by atoms with Gasteiger partial charge in [0.1, 0.15) is 12.4 Å². The monoisotopic (exact) mass is 270 g/mol. The van der Waals surface area contributed by atoms with E-state index in [0.717, 1.165) is 24.3 Å². The van der Waals surface area contributed by atoms with Crippen molar-refractivity contribution < 1.29 is 9.53 Å². The van der Waals surface area contributed by atoms with Crippen LogP contribution in [0.15, 0.2) is 48.7 Å². The maximum absolute atomic E-state index is 11.9. The van der Waals surface area contributed by atoms with Gasteiger partial charge in [0, 0.05) is 12.7 Å². The molecule has 0 unspecified atom stereocenters. The van der Waals surface area contributed by atoms with Crippen LogP contribution in [0.1, 0.15) is 29.3 Å². The second kappa shape index (κ2) is 7.28. The van der Waals surface area contributed by atoms with E-state index in [2.05, 4.69) is 17.2 Å². The van der Waals surface area contributed by atoms with Gasteiger partial charge in [-0.05, 0) is 24.1 Å². The average Bonchev–Trinajstić information content (AvgIpc) is 2.52. The second-order valence-corrected chi connectivity index (χ2v) is 4.42. The number of rotatable bonds is 6. The van der Waals surface area contributed by atoms with Gasteiger partial charge >= 0.3 is 5.97 Å². The van der Waals surface area contributed by atoms with Crippen molar-refractivity contribution in [3.05, 3.63) is 59.8 Å². The van der Waals surface area contributed by atoms with Gasteiger partial charge in [-0.2, -0.15) is 0 Å². The number of ether oxygens (including phenoxy) is 1. The first-order valence-corrected chi connectivity index (χ1v) is 6.70. The molecule has 0 atom stereocenters. The summed E-state index contributed by atoms with van der Waals surface area (Å²) in [5.74, 6) is 0.412.